The van der Waals surface area contributed by atoms with Crippen LogP contribution >= 0.6 is 12.2 Å². The van der Waals surface area contributed by atoms with Crippen LogP contribution in [0.4, 0.5) is 0 Å². The molecule has 2 rings (SSSR count). The highest BCUT2D eigenvalue weighted by molar-refractivity contribution is 7.80. The van der Waals surface area contributed by atoms with Crippen LogP contribution in [0.1, 0.15) is 23.7 Å². The summed E-state index contributed by atoms with van der Waals surface area (Å²) < 4.78 is 0. The Morgan fingerprint density at radius 2 is 1.95 bits per heavy atom. The van der Waals surface area contributed by atoms with Gasteiger partial charge in [-0.25, -0.2) is 0 Å². The Morgan fingerprint density at radius 1 is 1.20 bits per heavy atom. The molecule has 4 nitrogen and oxygen atoms in total. The lowest BCUT2D eigenvalue weighted by Crippen LogP contribution is -2.25. The largest absolute Gasteiger partial charge is 0.388 e. The van der Waals surface area contributed by atoms with Gasteiger partial charge in [-0.15, -0.1) is 0 Å². The smallest absolute Gasteiger partial charge is 0.123 e. The monoisotopic (exact) mass is 286 g/mol. The van der Waals surface area contributed by atoms with E-state index in [0.717, 1.165) is 30.9 Å². The molecular formula is C15H18N4S. The fourth-order valence-corrected chi connectivity index (χ4v) is 2.24. The number of pyridine rings is 2. The van der Waals surface area contributed by atoms with E-state index >= 15 is 0 Å². The predicted octanol–water partition coefficient (Wildman–Crippen LogP) is 2.13. The average molecular weight is 286 g/mol. The van der Waals surface area contributed by atoms with E-state index < -0.39 is 0 Å². The first-order valence-corrected chi connectivity index (χ1v) is 6.96. The molecule has 0 saturated carbocycles. The van der Waals surface area contributed by atoms with Gasteiger partial charge in [0.2, 0.25) is 0 Å². The van der Waals surface area contributed by atoms with Crippen LogP contribution in [0, 0.1) is 0 Å². The first kappa shape index (κ1) is 14.6. The summed E-state index contributed by atoms with van der Waals surface area (Å²) >= 11 is 5.06. The van der Waals surface area contributed by atoms with Gasteiger partial charge in [-0.05, 0) is 35.9 Å². The van der Waals surface area contributed by atoms with Crippen LogP contribution in [0.5, 0.6) is 0 Å². The molecule has 0 aliphatic carbocycles. The van der Waals surface area contributed by atoms with Gasteiger partial charge in [-0.2, -0.15) is 0 Å². The molecule has 0 saturated heterocycles. The van der Waals surface area contributed by atoms with Gasteiger partial charge in [0.15, 0.2) is 0 Å². The van der Waals surface area contributed by atoms with E-state index in [4.69, 9.17) is 18.0 Å². The molecule has 0 unspecified atom stereocenters. The average Bonchev–Trinajstić information content (AvgIpc) is 2.48. The summed E-state index contributed by atoms with van der Waals surface area (Å²) in [7, 11) is 0. The van der Waals surface area contributed by atoms with Crippen LogP contribution in [0.25, 0.3) is 0 Å². The Balaban J connectivity index is 2.13. The third-order valence-corrected chi connectivity index (χ3v) is 3.31. The Labute approximate surface area is 124 Å². The van der Waals surface area contributed by atoms with Crippen LogP contribution in [0.15, 0.2) is 42.9 Å². The minimum Gasteiger partial charge on any atom is -0.388 e. The molecule has 0 amide bonds. The lowest BCUT2D eigenvalue weighted by molar-refractivity contribution is 0.271. The molecule has 0 aliphatic heterocycles. The third-order valence-electron chi connectivity index (χ3n) is 3.12. The fourth-order valence-electron chi connectivity index (χ4n) is 2.05. The maximum atomic E-state index is 5.73. The van der Waals surface area contributed by atoms with Crippen molar-refractivity contribution < 1.29 is 0 Å². The summed E-state index contributed by atoms with van der Waals surface area (Å²) in [5.74, 6) is 0. The lowest BCUT2D eigenvalue weighted by atomic mass is 10.1. The van der Waals surface area contributed by atoms with Crippen molar-refractivity contribution in [2.45, 2.75) is 20.0 Å². The molecular weight excluding hydrogens is 268 g/mol. The maximum Gasteiger partial charge on any atom is 0.123 e. The Kier molecular flexibility index (Phi) is 5.15. The minimum absolute atomic E-state index is 0.348. The second kappa shape index (κ2) is 7.07. The van der Waals surface area contributed by atoms with Crippen molar-refractivity contribution in [2.75, 3.05) is 6.54 Å². The molecule has 2 N–H and O–H groups in total. The lowest BCUT2D eigenvalue weighted by Gasteiger charge is -2.21. The van der Waals surface area contributed by atoms with Gasteiger partial charge in [0.05, 0.1) is 0 Å². The standard InChI is InChI=1S/C15H18N4S/c1-2-19(10-12-5-8-17-9-6-12)11-13-4-3-7-18-14(13)15(16)20/h3-9H,2,10-11H2,1H3,(H2,16,20). The van der Waals surface area contributed by atoms with E-state index in [1.807, 2.05) is 36.7 Å². The Hall–Kier alpha value is -1.85. The van der Waals surface area contributed by atoms with Crippen molar-refractivity contribution in [3.8, 4) is 0 Å². The molecule has 20 heavy (non-hydrogen) atoms. The summed E-state index contributed by atoms with van der Waals surface area (Å²) in [6.45, 7) is 4.72. The molecule has 0 atom stereocenters. The van der Waals surface area contributed by atoms with Gasteiger partial charge in [-0.1, -0.05) is 25.2 Å². The van der Waals surface area contributed by atoms with E-state index in [1.54, 1.807) is 6.20 Å². The zero-order valence-electron chi connectivity index (χ0n) is 11.5. The van der Waals surface area contributed by atoms with Crippen LogP contribution in [-0.4, -0.2) is 26.4 Å². The molecule has 2 aromatic heterocycles. The number of rotatable bonds is 6. The normalized spacial score (nSPS) is 10.7. The molecule has 5 heteroatoms. The summed E-state index contributed by atoms with van der Waals surface area (Å²) in [5.41, 5.74) is 8.75. The number of nitrogens with two attached hydrogens (primary N) is 1. The number of aromatic nitrogens is 2. The number of hydrogen-bond acceptors (Lipinski definition) is 4. The SMILES string of the molecule is CCN(Cc1ccncc1)Cc1cccnc1C(N)=S. The first-order valence-electron chi connectivity index (χ1n) is 6.55. The van der Waals surface area contributed by atoms with Crippen molar-refractivity contribution in [1.29, 1.82) is 0 Å². The Morgan fingerprint density at radius 3 is 2.60 bits per heavy atom. The van der Waals surface area contributed by atoms with Crippen molar-refractivity contribution in [3.63, 3.8) is 0 Å². The van der Waals surface area contributed by atoms with Crippen molar-refractivity contribution in [3.05, 3.63) is 59.7 Å². The maximum absolute atomic E-state index is 5.73. The van der Waals surface area contributed by atoms with Crippen molar-refractivity contribution in [1.82, 2.24) is 14.9 Å². The third kappa shape index (κ3) is 3.82. The van der Waals surface area contributed by atoms with Gasteiger partial charge >= 0.3 is 0 Å². The Bertz CT molecular complexity index is 571. The van der Waals surface area contributed by atoms with E-state index in [-0.39, 0.29) is 0 Å². The van der Waals surface area contributed by atoms with Crippen LogP contribution in [-0.2, 0) is 13.1 Å². The van der Waals surface area contributed by atoms with Gasteiger partial charge < -0.3 is 5.73 Å². The fraction of sp³-hybridized carbons (Fsp3) is 0.267. The zero-order chi connectivity index (χ0) is 14.4. The molecule has 0 spiro atoms. The van der Waals surface area contributed by atoms with Gasteiger partial charge in [0, 0.05) is 31.7 Å². The topological polar surface area (TPSA) is 55.0 Å². The molecule has 2 aromatic rings. The zero-order valence-corrected chi connectivity index (χ0v) is 12.3. The van der Waals surface area contributed by atoms with Crippen LogP contribution < -0.4 is 5.73 Å². The van der Waals surface area contributed by atoms with Gasteiger partial charge in [-0.3, -0.25) is 14.9 Å². The number of nitrogens with zero attached hydrogens (tertiary/aromatic N) is 3. The highest BCUT2D eigenvalue weighted by Gasteiger charge is 2.10. The predicted molar refractivity (Wildman–Crippen MR) is 84.1 cm³/mol. The van der Waals surface area contributed by atoms with Crippen LogP contribution in [0.3, 0.4) is 0 Å². The van der Waals surface area contributed by atoms with Crippen LogP contribution in [0.2, 0.25) is 0 Å². The minimum atomic E-state index is 0.348. The van der Waals surface area contributed by atoms with E-state index in [0.29, 0.717) is 4.99 Å². The summed E-state index contributed by atoms with van der Waals surface area (Å²) in [5, 5.41) is 0. The number of hydrogen-bond donors (Lipinski definition) is 1. The van der Waals surface area contributed by atoms with E-state index in [9.17, 15) is 0 Å². The second-order valence-corrected chi connectivity index (χ2v) is 4.97. The highest BCUT2D eigenvalue weighted by Crippen LogP contribution is 2.12. The van der Waals surface area contributed by atoms with E-state index in [1.165, 1.54) is 5.56 Å². The highest BCUT2D eigenvalue weighted by atomic mass is 32.1. The number of thiocarbonyl (C=S) groups is 1. The quantitative estimate of drug-likeness (QED) is 0.825. The van der Waals surface area contributed by atoms with E-state index in [2.05, 4.69) is 21.8 Å². The summed E-state index contributed by atoms with van der Waals surface area (Å²) in [6.07, 6.45) is 5.35. The molecule has 104 valence electrons. The van der Waals surface area contributed by atoms with Crippen molar-refractivity contribution in [2.24, 2.45) is 5.73 Å². The molecule has 0 aromatic carbocycles. The molecule has 0 radical (unpaired) electrons. The summed E-state index contributed by atoms with van der Waals surface area (Å²) in [4.78, 5) is 11.0. The van der Waals surface area contributed by atoms with Crippen molar-refractivity contribution >= 4 is 17.2 Å². The molecule has 0 bridgehead atoms. The van der Waals surface area contributed by atoms with Gasteiger partial charge in [0.1, 0.15) is 10.7 Å². The molecule has 2 heterocycles. The summed E-state index contributed by atoms with van der Waals surface area (Å²) in [6, 6.07) is 7.99. The first-order chi connectivity index (χ1) is 9.70. The molecule has 0 fully saturated rings. The second-order valence-electron chi connectivity index (χ2n) is 4.53. The van der Waals surface area contributed by atoms with Gasteiger partial charge in [0.25, 0.3) is 0 Å². The molecule has 0 aliphatic rings.